The maximum atomic E-state index is 14.9. The van der Waals surface area contributed by atoms with Crippen LogP contribution in [-0.2, 0) is 9.53 Å². The molecule has 148 valence electrons. The van der Waals surface area contributed by atoms with E-state index in [9.17, 15) is 18.4 Å². The molecule has 9 heteroatoms. The largest absolute Gasteiger partial charge is 0.381 e. The highest BCUT2D eigenvalue weighted by Crippen LogP contribution is 2.50. The Kier molecular flexibility index (Phi) is 5.31. The Balaban J connectivity index is 2.14. The summed E-state index contributed by atoms with van der Waals surface area (Å²) in [6.07, 6.45) is 1.13. The number of nitrogens with two attached hydrogens (primary N) is 1. The maximum absolute atomic E-state index is 14.9. The van der Waals surface area contributed by atoms with E-state index in [-0.39, 0.29) is 30.7 Å². The monoisotopic (exact) mass is 401 g/mol. The van der Waals surface area contributed by atoms with E-state index >= 15 is 0 Å². The average molecular weight is 402 g/mol. The van der Waals surface area contributed by atoms with Crippen LogP contribution in [0.2, 0.25) is 5.02 Å². The summed E-state index contributed by atoms with van der Waals surface area (Å²) in [4.78, 5) is 26.2. The molecule has 0 radical (unpaired) electrons. The standard InChI is InChI=1S/C18H22ClF2N3O3/c1-18(16(25)23-5-6-24(18)17(22)26)13(9-7-10(8-9)27-2)11-3-4-12(20)14(19)15(11)21/h3-4,9-10,13H,5-8H2,1-2H3,(H2,22,26)(H,23,25)/t9?,10?,13-,18?/m1/s1. The second kappa shape index (κ2) is 7.24. The van der Waals surface area contributed by atoms with Crippen LogP contribution in [0.15, 0.2) is 12.1 Å². The van der Waals surface area contributed by atoms with Crippen molar-refractivity contribution >= 4 is 23.5 Å². The molecule has 3 N–H and O–H groups in total. The van der Waals surface area contributed by atoms with Crippen LogP contribution in [0.1, 0.15) is 31.2 Å². The molecule has 2 aliphatic rings. The zero-order valence-corrected chi connectivity index (χ0v) is 15.9. The van der Waals surface area contributed by atoms with Crippen LogP contribution < -0.4 is 11.1 Å². The van der Waals surface area contributed by atoms with E-state index < -0.39 is 40.1 Å². The zero-order valence-electron chi connectivity index (χ0n) is 15.1. The van der Waals surface area contributed by atoms with Crippen LogP contribution in [0.5, 0.6) is 0 Å². The summed E-state index contributed by atoms with van der Waals surface area (Å²) in [7, 11) is 1.58. The molecular formula is C18H22ClF2N3O3. The van der Waals surface area contributed by atoms with E-state index in [0.717, 1.165) is 6.07 Å². The molecule has 1 aliphatic carbocycles. The van der Waals surface area contributed by atoms with Gasteiger partial charge in [-0.25, -0.2) is 13.6 Å². The van der Waals surface area contributed by atoms with Crippen LogP contribution in [-0.4, -0.2) is 48.7 Å². The predicted molar refractivity (Wildman–Crippen MR) is 95.3 cm³/mol. The lowest BCUT2D eigenvalue weighted by Crippen LogP contribution is -2.69. The third kappa shape index (κ3) is 3.14. The van der Waals surface area contributed by atoms with Gasteiger partial charge in [0.25, 0.3) is 0 Å². The molecule has 6 nitrogen and oxygen atoms in total. The summed E-state index contributed by atoms with van der Waals surface area (Å²) in [6.45, 7) is 2.01. The molecule has 0 spiro atoms. The number of nitrogens with one attached hydrogen (secondary N) is 1. The number of hydrogen-bond acceptors (Lipinski definition) is 3. The van der Waals surface area contributed by atoms with Gasteiger partial charge in [0.15, 0.2) is 0 Å². The number of urea groups is 1. The van der Waals surface area contributed by atoms with E-state index in [1.54, 1.807) is 14.0 Å². The number of ether oxygens (including phenoxy) is 1. The summed E-state index contributed by atoms with van der Waals surface area (Å²) in [5.41, 5.74) is 4.18. The van der Waals surface area contributed by atoms with Gasteiger partial charge >= 0.3 is 6.03 Å². The van der Waals surface area contributed by atoms with Gasteiger partial charge in [-0.3, -0.25) is 4.79 Å². The van der Waals surface area contributed by atoms with E-state index in [0.29, 0.717) is 12.8 Å². The first kappa shape index (κ1) is 19.8. The van der Waals surface area contributed by atoms with Crippen molar-refractivity contribution in [3.63, 3.8) is 0 Å². The van der Waals surface area contributed by atoms with Crippen LogP contribution in [0.25, 0.3) is 0 Å². The van der Waals surface area contributed by atoms with Crippen molar-refractivity contribution in [3.05, 3.63) is 34.4 Å². The smallest absolute Gasteiger partial charge is 0.315 e. The lowest BCUT2D eigenvalue weighted by atomic mass is 9.62. The number of carbonyl (C=O) groups is 2. The van der Waals surface area contributed by atoms with Crippen molar-refractivity contribution in [1.82, 2.24) is 10.2 Å². The topological polar surface area (TPSA) is 84.7 Å². The van der Waals surface area contributed by atoms with Gasteiger partial charge < -0.3 is 20.7 Å². The summed E-state index contributed by atoms with van der Waals surface area (Å²) < 4.78 is 33.9. The molecule has 3 rings (SSSR count). The number of hydrogen-bond donors (Lipinski definition) is 2. The van der Waals surface area contributed by atoms with Crippen LogP contribution in [0, 0.1) is 17.6 Å². The van der Waals surface area contributed by atoms with Gasteiger partial charge in [0.1, 0.15) is 22.2 Å². The highest BCUT2D eigenvalue weighted by atomic mass is 35.5. The summed E-state index contributed by atoms with van der Waals surface area (Å²) in [5, 5.41) is 2.10. The third-order valence-corrected chi connectivity index (χ3v) is 6.20. The SMILES string of the molecule is COC1CC([C@H](c2ccc(F)c(Cl)c2F)C2(C)C(=O)NCCN2C(N)=O)C1. The molecule has 1 aromatic rings. The van der Waals surface area contributed by atoms with Gasteiger partial charge in [-0.2, -0.15) is 0 Å². The van der Waals surface area contributed by atoms with Crippen LogP contribution in [0.4, 0.5) is 13.6 Å². The summed E-state index contributed by atoms with van der Waals surface area (Å²) in [5.74, 6) is -3.16. The minimum atomic E-state index is -1.44. The lowest BCUT2D eigenvalue weighted by molar-refractivity contribution is -0.138. The number of amides is 3. The van der Waals surface area contributed by atoms with Crippen molar-refractivity contribution < 1.29 is 23.1 Å². The third-order valence-electron chi connectivity index (χ3n) is 5.85. The number of methoxy groups -OCH3 is 1. The van der Waals surface area contributed by atoms with Gasteiger partial charge in [-0.1, -0.05) is 17.7 Å². The molecule has 2 fully saturated rings. The van der Waals surface area contributed by atoms with Crippen molar-refractivity contribution in [3.8, 4) is 0 Å². The molecular weight excluding hydrogens is 380 g/mol. The molecule has 1 aliphatic heterocycles. The molecule has 2 atom stereocenters. The van der Waals surface area contributed by atoms with Crippen LogP contribution >= 0.6 is 11.6 Å². The minimum absolute atomic E-state index is 0.0197. The van der Waals surface area contributed by atoms with E-state index in [1.165, 1.54) is 11.0 Å². The first-order chi connectivity index (χ1) is 12.7. The fourth-order valence-corrected chi connectivity index (χ4v) is 4.50. The van der Waals surface area contributed by atoms with Gasteiger partial charge in [-0.15, -0.1) is 0 Å². The predicted octanol–water partition coefficient (Wildman–Crippen LogP) is 2.40. The highest BCUT2D eigenvalue weighted by Gasteiger charge is 2.56. The Hall–Kier alpha value is -1.93. The molecule has 1 unspecified atom stereocenters. The second-order valence-corrected chi connectivity index (χ2v) is 7.60. The quantitative estimate of drug-likeness (QED) is 0.760. The van der Waals surface area contributed by atoms with E-state index in [4.69, 9.17) is 22.1 Å². The minimum Gasteiger partial charge on any atom is -0.381 e. The number of halogens is 3. The van der Waals surface area contributed by atoms with Crippen molar-refractivity contribution in [2.45, 2.75) is 37.3 Å². The first-order valence-corrected chi connectivity index (χ1v) is 9.11. The van der Waals surface area contributed by atoms with Crippen LogP contribution in [0.3, 0.4) is 0 Å². The molecule has 0 aromatic heterocycles. The number of rotatable bonds is 4. The Bertz CT molecular complexity index is 772. The molecule has 1 heterocycles. The average Bonchev–Trinajstić information content (AvgIpc) is 2.58. The lowest BCUT2D eigenvalue weighted by Gasteiger charge is -2.52. The number of primary amides is 1. The van der Waals surface area contributed by atoms with Gasteiger partial charge in [0.05, 0.1) is 6.10 Å². The number of piperazine rings is 1. The zero-order chi connectivity index (χ0) is 19.9. The molecule has 0 bridgehead atoms. The molecule has 1 saturated heterocycles. The second-order valence-electron chi connectivity index (χ2n) is 7.22. The highest BCUT2D eigenvalue weighted by molar-refractivity contribution is 6.31. The number of benzene rings is 1. The fourth-order valence-electron chi connectivity index (χ4n) is 4.33. The normalized spacial score (nSPS) is 29.1. The molecule has 3 amide bonds. The van der Waals surface area contributed by atoms with Crippen molar-refractivity contribution in [2.24, 2.45) is 11.7 Å². The summed E-state index contributed by atoms with van der Waals surface area (Å²) >= 11 is 5.79. The molecule has 1 saturated carbocycles. The Morgan fingerprint density at radius 1 is 1.44 bits per heavy atom. The Labute approximate surface area is 161 Å². The van der Waals surface area contributed by atoms with Crippen molar-refractivity contribution in [1.29, 1.82) is 0 Å². The number of nitrogens with zero attached hydrogens (tertiary/aromatic N) is 1. The maximum Gasteiger partial charge on any atom is 0.315 e. The Morgan fingerprint density at radius 2 is 2.11 bits per heavy atom. The Morgan fingerprint density at radius 3 is 2.70 bits per heavy atom. The van der Waals surface area contributed by atoms with Crippen molar-refractivity contribution in [2.75, 3.05) is 20.2 Å². The van der Waals surface area contributed by atoms with Gasteiger partial charge in [-0.05, 0) is 37.3 Å². The fraction of sp³-hybridized carbons (Fsp3) is 0.556. The van der Waals surface area contributed by atoms with E-state index in [2.05, 4.69) is 5.32 Å². The number of carbonyl (C=O) groups excluding carboxylic acids is 2. The first-order valence-electron chi connectivity index (χ1n) is 8.73. The molecule has 27 heavy (non-hydrogen) atoms. The molecule has 1 aromatic carbocycles. The van der Waals surface area contributed by atoms with Gasteiger partial charge in [0.2, 0.25) is 5.91 Å². The summed E-state index contributed by atoms with van der Waals surface area (Å²) in [6, 6.07) is 1.58. The van der Waals surface area contributed by atoms with E-state index in [1.807, 2.05) is 0 Å². The van der Waals surface area contributed by atoms with Gasteiger partial charge in [0, 0.05) is 26.1 Å².